The Morgan fingerprint density at radius 2 is 1.71 bits per heavy atom. The summed E-state index contributed by atoms with van der Waals surface area (Å²) < 4.78 is 79.8. The summed E-state index contributed by atoms with van der Waals surface area (Å²) in [4.78, 5) is 14.1. The normalized spacial score (nSPS) is 15.5. The molecule has 0 unspecified atom stereocenters. The molecule has 3 heterocycles. The van der Waals surface area contributed by atoms with Crippen LogP contribution < -0.4 is 10.2 Å². The third-order valence-corrected chi connectivity index (χ3v) is 4.99. The van der Waals surface area contributed by atoms with E-state index in [9.17, 15) is 31.1 Å². The summed E-state index contributed by atoms with van der Waals surface area (Å²) in [6, 6.07) is 4.49. The number of hydrogen-bond acceptors (Lipinski definition) is 5. The number of piperidine rings is 1. The van der Waals surface area contributed by atoms with Crippen molar-refractivity contribution in [3.63, 3.8) is 0 Å². The highest BCUT2D eigenvalue weighted by molar-refractivity contribution is 5.92. The van der Waals surface area contributed by atoms with E-state index in [0.29, 0.717) is 36.5 Å². The Morgan fingerprint density at radius 1 is 1.00 bits per heavy atom. The van der Waals surface area contributed by atoms with Crippen LogP contribution in [0.3, 0.4) is 0 Å². The average molecular weight is 444 g/mol. The lowest BCUT2D eigenvalue weighted by atomic mass is 9.95. The number of aromatic nitrogens is 4. The topological polar surface area (TPSA) is 75.4 Å². The zero-order valence-electron chi connectivity index (χ0n) is 15.6. The Bertz CT molecular complexity index is 1140. The van der Waals surface area contributed by atoms with Crippen LogP contribution in [0.4, 0.5) is 37.8 Å². The van der Waals surface area contributed by atoms with Crippen LogP contribution in [0.2, 0.25) is 0 Å². The maximum absolute atomic E-state index is 13.8. The third kappa shape index (κ3) is 3.99. The first-order chi connectivity index (χ1) is 14.6. The summed E-state index contributed by atoms with van der Waals surface area (Å²) in [6.07, 6.45) is -4.12. The predicted octanol–water partition coefficient (Wildman–Crippen LogP) is 3.42. The van der Waals surface area contributed by atoms with E-state index in [-0.39, 0.29) is 11.5 Å². The maximum atomic E-state index is 13.8. The van der Waals surface area contributed by atoms with Gasteiger partial charge in [-0.1, -0.05) is 0 Å². The van der Waals surface area contributed by atoms with Crippen molar-refractivity contribution in [1.82, 2.24) is 19.8 Å². The summed E-state index contributed by atoms with van der Waals surface area (Å²) in [5.74, 6) is -6.64. The summed E-state index contributed by atoms with van der Waals surface area (Å²) in [7, 11) is 0. The van der Waals surface area contributed by atoms with E-state index >= 15 is 0 Å². The highest BCUT2D eigenvalue weighted by Gasteiger charge is 2.38. The van der Waals surface area contributed by atoms with Gasteiger partial charge >= 0.3 is 6.18 Å². The second-order valence-electron chi connectivity index (χ2n) is 6.96. The number of amides is 1. The van der Waals surface area contributed by atoms with Gasteiger partial charge in [0.25, 0.3) is 5.82 Å². The summed E-state index contributed by atoms with van der Waals surface area (Å²) in [5.41, 5.74) is -0.523. The molecule has 1 aliphatic heterocycles. The van der Waals surface area contributed by atoms with Crippen LogP contribution in [0.15, 0.2) is 24.3 Å². The number of rotatable bonds is 3. The quantitative estimate of drug-likeness (QED) is 0.495. The standard InChI is InChI=1S/C18H14F6N6O/c19-10-1-2-11(15(21)14(10)20)25-16(31)9-5-7-29(8-6-9)13-4-3-12-26-27-17(18(22,23)24)30(12)28-13/h1-4,9H,5-8H2,(H,25,31). The van der Waals surface area contributed by atoms with E-state index in [2.05, 4.69) is 20.6 Å². The molecule has 0 atom stereocenters. The largest absolute Gasteiger partial charge is 0.453 e. The number of anilines is 2. The average Bonchev–Trinajstić information content (AvgIpc) is 3.18. The van der Waals surface area contributed by atoms with Gasteiger partial charge in [-0.05, 0) is 37.1 Å². The van der Waals surface area contributed by atoms with Gasteiger partial charge in [-0.3, -0.25) is 4.79 Å². The second-order valence-corrected chi connectivity index (χ2v) is 6.96. The van der Waals surface area contributed by atoms with Crippen molar-refractivity contribution in [1.29, 1.82) is 0 Å². The molecule has 1 aromatic carbocycles. The fourth-order valence-corrected chi connectivity index (χ4v) is 3.35. The lowest BCUT2D eigenvalue weighted by Gasteiger charge is -2.32. The molecule has 1 amide bonds. The van der Waals surface area contributed by atoms with Gasteiger partial charge in [0, 0.05) is 19.0 Å². The lowest BCUT2D eigenvalue weighted by molar-refractivity contribution is -0.146. The van der Waals surface area contributed by atoms with Crippen molar-refractivity contribution in [2.75, 3.05) is 23.3 Å². The smallest absolute Gasteiger partial charge is 0.355 e. The molecule has 0 spiro atoms. The molecule has 1 saturated heterocycles. The Balaban J connectivity index is 1.44. The van der Waals surface area contributed by atoms with Gasteiger partial charge in [0.2, 0.25) is 5.91 Å². The van der Waals surface area contributed by atoms with Crippen molar-refractivity contribution in [3.05, 3.63) is 47.5 Å². The minimum Gasteiger partial charge on any atom is -0.355 e. The van der Waals surface area contributed by atoms with E-state index in [1.54, 1.807) is 4.90 Å². The lowest BCUT2D eigenvalue weighted by Crippen LogP contribution is -2.39. The number of fused-ring (bicyclic) bond motifs is 1. The maximum Gasteiger partial charge on any atom is 0.453 e. The molecule has 2 aromatic heterocycles. The van der Waals surface area contributed by atoms with Crippen LogP contribution in [0, 0.1) is 23.4 Å². The van der Waals surface area contributed by atoms with Crippen LogP contribution in [0.25, 0.3) is 5.65 Å². The highest BCUT2D eigenvalue weighted by Crippen LogP contribution is 2.29. The number of hydrogen-bond donors (Lipinski definition) is 1. The van der Waals surface area contributed by atoms with Crippen LogP contribution in [-0.2, 0) is 11.0 Å². The Morgan fingerprint density at radius 3 is 2.39 bits per heavy atom. The first-order valence-corrected chi connectivity index (χ1v) is 9.14. The van der Waals surface area contributed by atoms with Crippen LogP contribution in [-0.4, -0.2) is 38.8 Å². The van der Waals surface area contributed by atoms with E-state index < -0.39 is 47.0 Å². The number of halogens is 6. The molecule has 1 aliphatic rings. The number of nitrogens with one attached hydrogen (secondary N) is 1. The molecule has 4 rings (SSSR count). The Hall–Kier alpha value is -3.38. The Kier molecular flexibility index (Phi) is 5.19. The zero-order chi connectivity index (χ0) is 22.3. The van der Waals surface area contributed by atoms with Crippen molar-refractivity contribution >= 4 is 23.1 Å². The summed E-state index contributed by atoms with van der Waals surface area (Å²) in [5, 5.41) is 12.8. The second kappa shape index (κ2) is 7.71. The molecule has 1 N–H and O–H groups in total. The molecule has 0 saturated carbocycles. The van der Waals surface area contributed by atoms with Crippen LogP contribution in [0.1, 0.15) is 18.7 Å². The monoisotopic (exact) mass is 444 g/mol. The van der Waals surface area contributed by atoms with Gasteiger partial charge in [0.1, 0.15) is 5.82 Å². The molecule has 164 valence electrons. The van der Waals surface area contributed by atoms with Crippen LogP contribution in [0.5, 0.6) is 0 Å². The van der Waals surface area contributed by atoms with Crippen molar-refractivity contribution in [2.24, 2.45) is 5.92 Å². The highest BCUT2D eigenvalue weighted by atomic mass is 19.4. The number of benzene rings is 1. The van der Waals surface area contributed by atoms with Gasteiger partial charge in [-0.2, -0.15) is 17.7 Å². The van der Waals surface area contributed by atoms with Gasteiger partial charge in [-0.25, -0.2) is 13.2 Å². The van der Waals surface area contributed by atoms with Crippen molar-refractivity contribution in [2.45, 2.75) is 19.0 Å². The van der Waals surface area contributed by atoms with E-state index in [1.807, 2.05) is 0 Å². The fourth-order valence-electron chi connectivity index (χ4n) is 3.35. The minimum atomic E-state index is -4.72. The number of carbonyl (C=O) groups excluding carboxylic acids is 1. The van der Waals surface area contributed by atoms with E-state index in [0.717, 1.165) is 6.07 Å². The first kappa shape index (κ1) is 20.9. The minimum absolute atomic E-state index is 0.0566. The van der Waals surface area contributed by atoms with Crippen molar-refractivity contribution in [3.8, 4) is 0 Å². The van der Waals surface area contributed by atoms with Gasteiger partial charge < -0.3 is 10.2 Å². The van der Waals surface area contributed by atoms with Crippen molar-refractivity contribution < 1.29 is 31.1 Å². The predicted molar refractivity (Wildman–Crippen MR) is 95.7 cm³/mol. The van der Waals surface area contributed by atoms with Gasteiger partial charge in [-0.15, -0.1) is 15.3 Å². The summed E-state index contributed by atoms with van der Waals surface area (Å²) >= 11 is 0. The number of nitrogens with zero attached hydrogens (tertiary/aromatic N) is 5. The molecular weight excluding hydrogens is 430 g/mol. The van der Waals surface area contributed by atoms with Gasteiger partial charge in [0.15, 0.2) is 23.1 Å². The molecule has 0 radical (unpaired) electrons. The SMILES string of the molecule is O=C(Nc1ccc(F)c(F)c1F)C1CCN(c2ccc3nnc(C(F)(F)F)n3n2)CC1. The van der Waals surface area contributed by atoms with E-state index in [4.69, 9.17) is 0 Å². The molecule has 31 heavy (non-hydrogen) atoms. The van der Waals surface area contributed by atoms with Gasteiger partial charge in [0.05, 0.1) is 5.69 Å². The summed E-state index contributed by atoms with van der Waals surface area (Å²) in [6.45, 7) is 0.584. The molecule has 1 fully saturated rings. The molecule has 13 heteroatoms. The van der Waals surface area contributed by atoms with Crippen LogP contribution >= 0.6 is 0 Å². The molecular formula is C18H14F6N6O. The Labute approximate surface area is 170 Å². The number of alkyl halides is 3. The molecule has 0 bridgehead atoms. The molecule has 3 aromatic rings. The first-order valence-electron chi connectivity index (χ1n) is 9.14. The van der Waals surface area contributed by atoms with E-state index in [1.165, 1.54) is 12.1 Å². The number of carbonyl (C=O) groups is 1. The third-order valence-electron chi connectivity index (χ3n) is 4.99. The molecule has 7 nitrogen and oxygen atoms in total. The molecule has 0 aliphatic carbocycles. The zero-order valence-corrected chi connectivity index (χ0v) is 15.6. The fraction of sp³-hybridized carbons (Fsp3) is 0.333.